The van der Waals surface area contributed by atoms with Gasteiger partial charge >= 0.3 is 0 Å². The third-order valence-corrected chi connectivity index (χ3v) is 5.13. The number of anilines is 1. The van der Waals surface area contributed by atoms with Crippen molar-refractivity contribution in [1.29, 1.82) is 0 Å². The summed E-state index contributed by atoms with van der Waals surface area (Å²) in [4.78, 5) is 18.9. The number of aryl methyl sites for hydroxylation is 2. The SMILES string of the molecule is Cc1nnccc1C(=O)Nc1ccc(-c2cc(-c3ccno3)sc2C)cn1. The zero-order chi connectivity index (χ0) is 18.8. The molecule has 1 N–H and O–H groups in total. The average Bonchev–Trinajstić information content (AvgIpc) is 3.32. The van der Waals surface area contributed by atoms with E-state index in [2.05, 4.69) is 38.6 Å². The highest BCUT2D eigenvalue weighted by molar-refractivity contribution is 7.15. The number of nitrogens with one attached hydrogen (secondary N) is 1. The van der Waals surface area contributed by atoms with Gasteiger partial charge in [0.15, 0.2) is 5.76 Å². The fraction of sp³-hybridized carbons (Fsp3) is 0.105. The van der Waals surface area contributed by atoms with Crippen molar-refractivity contribution in [2.45, 2.75) is 13.8 Å². The van der Waals surface area contributed by atoms with Crippen molar-refractivity contribution in [3.05, 3.63) is 65.1 Å². The van der Waals surface area contributed by atoms with Crippen molar-refractivity contribution < 1.29 is 9.32 Å². The first kappa shape index (κ1) is 17.0. The second kappa shape index (κ2) is 7.08. The number of rotatable bonds is 4. The molecule has 4 heterocycles. The average molecular weight is 377 g/mol. The van der Waals surface area contributed by atoms with Crippen LogP contribution in [0, 0.1) is 13.8 Å². The first-order valence-corrected chi connectivity index (χ1v) is 9.01. The summed E-state index contributed by atoms with van der Waals surface area (Å²) in [6.45, 7) is 3.79. The van der Waals surface area contributed by atoms with E-state index in [-0.39, 0.29) is 5.91 Å². The molecule has 0 atom stereocenters. The van der Waals surface area contributed by atoms with Crippen molar-refractivity contribution in [3.63, 3.8) is 0 Å². The molecule has 0 aliphatic heterocycles. The number of amides is 1. The van der Waals surface area contributed by atoms with E-state index < -0.39 is 0 Å². The van der Waals surface area contributed by atoms with Crippen LogP contribution >= 0.6 is 11.3 Å². The molecular weight excluding hydrogens is 362 g/mol. The number of aromatic nitrogens is 4. The maximum Gasteiger partial charge on any atom is 0.258 e. The number of hydrogen-bond acceptors (Lipinski definition) is 7. The molecule has 4 rings (SSSR count). The maximum atomic E-state index is 12.3. The Bertz CT molecular complexity index is 1090. The molecule has 1 amide bonds. The topological polar surface area (TPSA) is 93.8 Å². The van der Waals surface area contributed by atoms with E-state index in [9.17, 15) is 4.79 Å². The Morgan fingerprint density at radius 3 is 2.74 bits per heavy atom. The monoisotopic (exact) mass is 377 g/mol. The molecule has 4 aromatic rings. The van der Waals surface area contributed by atoms with E-state index in [1.165, 1.54) is 6.20 Å². The molecule has 0 aliphatic carbocycles. The van der Waals surface area contributed by atoms with E-state index in [1.807, 2.05) is 12.1 Å². The number of pyridine rings is 1. The first-order valence-electron chi connectivity index (χ1n) is 8.19. The van der Waals surface area contributed by atoms with Crippen LogP contribution in [0.4, 0.5) is 5.82 Å². The molecule has 7 nitrogen and oxygen atoms in total. The van der Waals surface area contributed by atoms with Crippen LogP contribution in [0.3, 0.4) is 0 Å². The van der Waals surface area contributed by atoms with Gasteiger partial charge in [-0.3, -0.25) is 4.79 Å². The minimum atomic E-state index is -0.262. The molecule has 0 aliphatic rings. The molecular formula is C19H15N5O2S. The largest absolute Gasteiger partial charge is 0.355 e. The van der Waals surface area contributed by atoms with Crippen molar-refractivity contribution >= 4 is 23.1 Å². The van der Waals surface area contributed by atoms with Crippen molar-refractivity contribution in [3.8, 4) is 21.8 Å². The summed E-state index contributed by atoms with van der Waals surface area (Å²) < 4.78 is 5.23. The van der Waals surface area contributed by atoms with Crippen LogP contribution in [0.15, 0.2) is 53.4 Å². The van der Waals surface area contributed by atoms with E-state index in [0.29, 0.717) is 17.1 Å². The van der Waals surface area contributed by atoms with Crippen LogP contribution in [0.1, 0.15) is 20.9 Å². The van der Waals surface area contributed by atoms with Gasteiger partial charge in [-0.1, -0.05) is 5.16 Å². The van der Waals surface area contributed by atoms with Gasteiger partial charge in [-0.25, -0.2) is 4.98 Å². The van der Waals surface area contributed by atoms with Crippen LogP contribution in [-0.2, 0) is 0 Å². The fourth-order valence-corrected chi connectivity index (χ4v) is 3.69. The van der Waals surface area contributed by atoms with Crippen molar-refractivity contribution in [2.75, 3.05) is 5.32 Å². The third kappa shape index (κ3) is 3.47. The molecule has 134 valence electrons. The number of thiophene rings is 1. The second-order valence-corrected chi connectivity index (χ2v) is 7.13. The summed E-state index contributed by atoms with van der Waals surface area (Å²) in [5.74, 6) is 0.956. The molecule has 0 radical (unpaired) electrons. The summed E-state index contributed by atoms with van der Waals surface area (Å²) in [5, 5.41) is 14.2. The summed E-state index contributed by atoms with van der Waals surface area (Å²) in [7, 11) is 0. The lowest BCUT2D eigenvalue weighted by molar-refractivity contribution is 0.102. The summed E-state index contributed by atoms with van der Waals surface area (Å²) in [6.07, 6.45) is 4.86. The normalized spacial score (nSPS) is 10.7. The summed E-state index contributed by atoms with van der Waals surface area (Å²) in [5.41, 5.74) is 3.09. The van der Waals surface area contributed by atoms with Gasteiger partial charge in [-0.2, -0.15) is 10.2 Å². The smallest absolute Gasteiger partial charge is 0.258 e. The predicted octanol–water partition coefficient (Wildman–Crippen LogP) is 4.12. The quantitative estimate of drug-likeness (QED) is 0.575. The minimum absolute atomic E-state index is 0.262. The number of carbonyl (C=O) groups is 1. The molecule has 0 spiro atoms. The van der Waals surface area contributed by atoms with Crippen LogP contribution in [0.5, 0.6) is 0 Å². The van der Waals surface area contributed by atoms with Crippen LogP contribution in [0.2, 0.25) is 0 Å². The van der Waals surface area contributed by atoms with E-state index in [1.54, 1.807) is 42.8 Å². The van der Waals surface area contributed by atoms with Gasteiger partial charge in [0.2, 0.25) is 0 Å². The fourth-order valence-electron chi connectivity index (χ4n) is 2.69. The van der Waals surface area contributed by atoms with Crippen LogP contribution in [0.25, 0.3) is 21.8 Å². The molecule has 0 saturated heterocycles. The van der Waals surface area contributed by atoms with E-state index in [0.717, 1.165) is 26.6 Å². The number of carbonyl (C=O) groups excluding carboxylic acids is 1. The Hall–Kier alpha value is -3.39. The van der Waals surface area contributed by atoms with Gasteiger partial charge in [0.1, 0.15) is 5.82 Å². The van der Waals surface area contributed by atoms with Gasteiger partial charge in [-0.15, -0.1) is 11.3 Å². The highest BCUT2D eigenvalue weighted by Gasteiger charge is 2.13. The minimum Gasteiger partial charge on any atom is -0.355 e. The van der Waals surface area contributed by atoms with Gasteiger partial charge < -0.3 is 9.84 Å². The lowest BCUT2D eigenvalue weighted by Gasteiger charge is -2.07. The van der Waals surface area contributed by atoms with Gasteiger partial charge in [0, 0.05) is 22.7 Å². The Morgan fingerprint density at radius 1 is 1.15 bits per heavy atom. The Kier molecular flexibility index (Phi) is 4.47. The molecule has 0 unspecified atom stereocenters. The molecule has 0 fully saturated rings. The van der Waals surface area contributed by atoms with Crippen LogP contribution < -0.4 is 5.32 Å². The molecule has 0 bridgehead atoms. The highest BCUT2D eigenvalue weighted by Crippen LogP contribution is 2.36. The summed E-state index contributed by atoms with van der Waals surface area (Å²) >= 11 is 1.64. The zero-order valence-corrected chi connectivity index (χ0v) is 15.4. The molecule has 0 aromatic carbocycles. The Morgan fingerprint density at radius 2 is 2.04 bits per heavy atom. The van der Waals surface area contributed by atoms with E-state index >= 15 is 0 Å². The van der Waals surface area contributed by atoms with Crippen molar-refractivity contribution in [2.24, 2.45) is 0 Å². The zero-order valence-electron chi connectivity index (χ0n) is 14.6. The number of nitrogens with zero attached hydrogens (tertiary/aromatic N) is 4. The molecule has 27 heavy (non-hydrogen) atoms. The lowest BCUT2D eigenvalue weighted by Crippen LogP contribution is -2.15. The third-order valence-electron chi connectivity index (χ3n) is 4.06. The highest BCUT2D eigenvalue weighted by atomic mass is 32.1. The van der Waals surface area contributed by atoms with Gasteiger partial charge in [-0.05, 0) is 43.7 Å². The Labute approximate surface area is 159 Å². The predicted molar refractivity (Wildman–Crippen MR) is 103 cm³/mol. The van der Waals surface area contributed by atoms with E-state index in [4.69, 9.17) is 4.52 Å². The Balaban J connectivity index is 1.55. The van der Waals surface area contributed by atoms with Crippen LogP contribution in [-0.4, -0.2) is 26.2 Å². The summed E-state index contributed by atoms with van der Waals surface area (Å²) in [6, 6.07) is 9.23. The number of hydrogen-bond donors (Lipinski definition) is 1. The van der Waals surface area contributed by atoms with Gasteiger partial charge in [0.05, 0.1) is 28.5 Å². The maximum absolute atomic E-state index is 12.3. The standard InChI is InChI=1S/C19H15N5O2S/c1-11-14(5-7-21-24-11)19(25)23-18-4-3-13(10-20-18)15-9-17(27-12(15)2)16-6-8-22-26-16/h3-10H,1-2H3,(H,20,23,25). The molecule has 0 saturated carbocycles. The first-order chi connectivity index (χ1) is 13.1. The molecule has 8 heteroatoms. The molecule has 4 aromatic heterocycles. The van der Waals surface area contributed by atoms with Gasteiger partial charge in [0.25, 0.3) is 5.91 Å². The lowest BCUT2D eigenvalue weighted by atomic mass is 10.1. The second-order valence-electron chi connectivity index (χ2n) is 5.87. The van der Waals surface area contributed by atoms with Crippen molar-refractivity contribution in [1.82, 2.24) is 20.3 Å².